The summed E-state index contributed by atoms with van der Waals surface area (Å²) in [5.41, 5.74) is 2.46. The van der Waals surface area contributed by atoms with E-state index in [0.717, 1.165) is 56.8 Å². The number of hydrogen-bond acceptors (Lipinski definition) is 3. The number of benzene rings is 2. The van der Waals surface area contributed by atoms with Gasteiger partial charge in [-0.2, -0.15) is 0 Å². The highest BCUT2D eigenvalue weighted by Crippen LogP contribution is 2.21. The van der Waals surface area contributed by atoms with Gasteiger partial charge in [-0.05, 0) is 36.8 Å². The molecule has 0 spiro atoms. The first-order chi connectivity index (χ1) is 13.3. The van der Waals surface area contributed by atoms with Crippen molar-refractivity contribution in [1.29, 1.82) is 0 Å². The number of hydrogen-bond donors (Lipinski definition) is 1. The molecule has 144 valence electrons. The molecule has 1 heterocycles. The summed E-state index contributed by atoms with van der Waals surface area (Å²) in [4.78, 5) is 14.1. The van der Waals surface area contributed by atoms with Gasteiger partial charge in [0, 0.05) is 31.7 Å². The normalized spacial score (nSPS) is 14.9. The molecule has 1 aliphatic rings. The van der Waals surface area contributed by atoms with Crippen molar-refractivity contribution >= 4 is 5.91 Å². The fourth-order valence-corrected chi connectivity index (χ4v) is 3.59. The molecule has 1 amide bonds. The number of carbonyl (C=O) groups is 1. The quantitative estimate of drug-likeness (QED) is 0.730. The van der Waals surface area contributed by atoms with Gasteiger partial charge in [-0.25, -0.2) is 0 Å². The molecule has 2 aromatic carbocycles. The summed E-state index contributed by atoms with van der Waals surface area (Å²) in [6.45, 7) is 5.73. The fraction of sp³-hybridized carbons (Fsp3) is 0.435. The van der Waals surface area contributed by atoms with Crippen LogP contribution in [0.5, 0.6) is 5.75 Å². The Morgan fingerprint density at radius 3 is 2.52 bits per heavy atom. The van der Waals surface area contributed by atoms with Crippen LogP contribution in [0.2, 0.25) is 0 Å². The van der Waals surface area contributed by atoms with Crippen LogP contribution in [0.25, 0.3) is 0 Å². The Morgan fingerprint density at radius 2 is 1.78 bits per heavy atom. The van der Waals surface area contributed by atoms with Crippen LogP contribution in [0.4, 0.5) is 0 Å². The standard InChI is InChI=1S/C23H30N2O2/c1-2-19(20-10-4-3-5-11-20)16-24-17-21-12-6-7-13-22(21)27-18-23(26)25-14-8-9-15-25/h3-7,10-13,19,24H,2,8-9,14-18H2,1H3. The van der Waals surface area contributed by atoms with E-state index < -0.39 is 0 Å². The smallest absolute Gasteiger partial charge is 0.260 e. The minimum absolute atomic E-state index is 0.0883. The van der Waals surface area contributed by atoms with Crippen LogP contribution in [0.15, 0.2) is 54.6 Å². The lowest BCUT2D eigenvalue weighted by molar-refractivity contribution is -0.132. The van der Waals surface area contributed by atoms with Gasteiger partial charge in [-0.15, -0.1) is 0 Å². The van der Waals surface area contributed by atoms with Gasteiger partial charge >= 0.3 is 0 Å². The number of ether oxygens (including phenoxy) is 1. The minimum Gasteiger partial charge on any atom is -0.483 e. The number of carbonyl (C=O) groups excluding carboxylic acids is 1. The fourth-order valence-electron chi connectivity index (χ4n) is 3.59. The number of rotatable bonds is 9. The van der Waals surface area contributed by atoms with Gasteiger partial charge in [0.2, 0.25) is 0 Å². The van der Waals surface area contributed by atoms with E-state index in [1.165, 1.54) is 5.56 Å². The first-order valence-corrected chi connectivity index (χ1v) is 10.0. The van der Waals surface area contributed by atoms with Crippen molar-refractivity contribution in [2.75, 3.05) is 26.2 Å². The molecule has 2 aromatic rings. The zero-order valence-corrected chi connectivity index (χ0v) is 16.2. The van der Waals surface area contributed by atoms with Gasteiger partial charge in [0.15, 0.2) is 6.61 Å². The molecule has 0 aliphatic carbocycles. The highest BCUT2D eigenvalue weighted by Gasteiger charge is 2.18. The molecule has 4 nitrogen and oxygen atoms in total. The second-order valence-electron chi connectivity index (χ2n) is 7.13. The van der Waals surface area contributed by atoms with Crippen molar-refractivity contribution in [2.24, 2.45) is 0 Å². The maximum atomic E-state index is 12.2. The van der Waals surface area contributed by atoms with Crippen LogP contribution < -0.4 is 10.1 Å². The van der Waals surface area contributed by atoms with E-state index in [0.29, 0.717) is 5.92 Å². The Bertz CT molecular complexity index is 711. The molecule has 0 bridgehead atoms. The Balaban J connectivity index is 1.52. The van der Waals surface area contributed by atoms with E-state index in [4.69, 9.17) is 4.74 Å². The molecule has 4 heteroatoms. The maximum Gasteiger partial charge on any atom is 0.260 e. The van der Waals surface area contributed by atoms with E-state index >= 15 is 0 Å². The molecule has 1 N–H and O–H groups in total. The summed E-state index contributed by atoms with van der Waals surface area (Å²) in [6, 6.07) is 18.6. The molecule has 1 saturated heterocycles. The molecule has 1 fully saturated rings. The zero-order valence-electron chi connectivity index (χ0n) is 16.2. The first-order valence-electron chi connectivity index (χ1n) is 10.0. The lowest BCUT2D eigenvalue weighted by Crippen LogP contribution is -2.32. The van der Waals surface area contributed by atoms with Crippen LogP contribution in [0.3, 0.4) is 0 Å². The van der Waals surface area contributed by atoms with Crippen LogP contribution in [-0.2, 0) is 11.3 Å². The molecule has 1 atom stereocenters. The van der Waals surface area contributed by atoms with Crippen LogP contribution in [0.1, 0.15) is 43.2 Å². The third-order valence-electron chi connectivity index (χ3n) is 5.25. The van der Waals surface area contributed by atoms with Gasteiger partial charge in [0.05, 0.1) is 0 Å². The van der Waals surface area contributed by atoms with Gasteiger partial charge in [0.1, 0.15) is 5.75 Å². The van der Waals surface area contributed by atoms with Crippen molar-refractivity contribution in [1.82, 2.24) is 10.2 Å². The second-order valence-corrected chi connectivity index (χ2v) is 7.13. The summed E-state index contributed by atoms with van der Waals surface area (Å²) < 4.78 is 5.85. The maximum absolute atomic E-state index is 12.2. The number of nitrogens with zero attached hydrogens (tertiary/aromatic N) is 1. The first kappa shape index (κ1) is 19.4. The number of para-hydroxylation sites is 1. The lowest BCUT2D eigenvalue weighted by atomic mass is 9.96. The van der Waals surface area contributed by atoms with Gasteiger partial charge in [-0.1, -0.05) is 55.5 Å². The van der Waals surface area contributed by atoms with Crippen molar-refractivity contribution in [3.63, 3.8) is 0 Å². The van der Waals surface area contributed by atoms with Crippen LogP contribution >= 0.6 is 0 Å². The van der Waals surface area contributed by atoms with Crippen molar-refractivity contribution in [2.45, 2.75) is 38.6 Å². The van der Waals surface area contributed by atoms with E-state index in [2.05, 4.69) is 48.6 Å². The molecule has 3 rings (SSSR count). The lowest BCUT2D eigenvalue weighted by Gasteiger charge is -2.18. The molecule has 0 aromatic heterocycles. The number of amides is 1. The van der Waals surface area contributed by atoms with Crippen LogP contribution in [-0.4, -0.2) is 37.0 Å². The molecule has 0 saturated carbocycles. The van der Waals surface area contributed by atoms with E-state index in [1.807, 2.05) is 23.1 Å². The molecular formula is C23H30N2O2. The largest absolute Gasteiger partial charge is 0.483 e. The molecule has 0 radical (unpaired) electrons. The van der Waals surface area contributed by atoms with Crippen molar-refractivity contribution in [3.05, 3.63) is 65.7 Å². The van der Waals surface area contributed by atoms with Crippen molar-refractivity contribution in [3.8, 4) is 5.75 Å². The van der Waals surface area contributed by atoms with E-state index in [-0.39, 0.29) is 12.5 Å². The highest BCUT2D eigenvalue weighted by molar-refractivity contribution is 5.78. The molecular weight excluding hydrogens is 336 g/mol. The Morgan fingerprint density at radius 1 is 1.07 bits per heavy atom. The molecule has 1 unspecified atom stereocenters. The SMILES string of the molecule is CCC(CNCc1ccccc1OCC(=O)N1CCCC1)c1ccccc1. The van der Waals surface area contributed by atoms with E-state index in [9.17, 15) is 4.79 Å². The summed E-state index contributed by atoms with van der Waals surface area (Å²) in [7, 11) is 0. The number of nitrogens with one attached hydrogen (secondary N) is 1. The summed E-state index contributed by atoms with van der Waals surface area (Å²) in [5, 5.41) is 3.56. The zero-order chi connectivity index (χ0) is 18.9. The Kier molecular flexibility index (Phi) is 7.28. The summed E-state index contributed by atoms with van der Waals surface area (Å²) >= 11 is 0. The van der Waals surface area contributed by atoms with Gasteiger partial charge in [-0.3, -0.25) is 4.79 Å². The average molecular weight is 367 g/mol. The molecule has 1 aliphatic heterocycles. The van der Waals surface area contributed by atoms with E-state index in [1.54, 1.807) is 0 Å². The Hall–Kier alpha value is -2.33. The third-order valence-corrected chi connectivity index (χ3v) is 5.25. The number of likely N-dealkylation sites (tertiary alicyclic amines) is 1. The third kappa shape index (κ3) is 5.57. The second kappa shape index (κ2) is 10.1. The van der Waals surface area contributed by atoms with Crippen molar-refractivity contribution < 1.29 is 9.53 Å². The van der Waals surface area contributed by atoms with Gasteiger partial charge in [0.25, 0.3) is 5.91 Å². The minimum atomic E-state index is 0.0883. The predicted molar refractivity (Wildman–Crippen MR) is 109 cm³/mol. The molecule has 27 heavy (non-hydrogen) atoms. The summed E-state index contributed by atoms with van der Waals surface area (Å²) in [6.07, 6.45) is 3.30. The average Bonchev–Trinajstić information content (AvgIpc) is 3.26. The Labute approximate surface area is 162 Å². The van der Waals surface area contributed by atoms with Gasteiger partial charge < -0.3 is 15.0 Å². The predicted octanol–water partition coefficient (Wildman–Crippen LogP) is 3.97. The highest BCUT2D eigenvalue weighted by atomic mass is 16.5. The monoisotopic (exact) mass is 366 g/mol. The summed E-state index contributed by atoms with van der Waals surface area (Å²) in [5.74, 6) is 1.38. The van der Waals surface area contributed by atoms with Crippen LogP contribution in [0, 0.1) is 0 Å². The topological polar surface area (TPSA) is 41.6 Å².